The Morgan fingerprint density at radius 2 is 1.45 bits per heavy atom. The highest BCUT2D eigenvalue weighted by Crippen LogP contribution is 2.24. The zero-order chi connectivity index (χ0) is 26.5. The third kappa shape index (κ3) is 5.98. The van der Waals surface area contributed by atoms with Gasteiger partial charge in [0, 0.05) is 67.5 Å². The van der Waals surface area contributed by atoms with Gasteiger partial charge in [0.25, 0.3) is 5.91 Å². The van der Waals surface area contributed by atoms with E-state index in [-0.39, 0.29) is 11.8 Å². The second-order valence-corrected chi connectivity index (χ2v) is 9.34. The molecule has 8 nitrogen and oxygen atoms in total. The van der Waals surface area contributed by atoms with E-state index in [1.165, 1.54) is 6.92 Å². The normalized spacial score (nSPS) is 13.2. The highest BCUT2D eigenvalue weighted by molar-refractivity contribution is 5.94. The number of hydrogen-bond acceptors (Lipinski definition) is 6. The number of nitrogens with one attached hydrogen (secondary N) is 2. The summed E-state index contributed by atoms with van der Waals surface area (Å²) in [5, 5.41) is 6.04. The minimum atomic E-state index is -0.104. The van der Waals surface area contributed by atoms with Crippen molar-refractivity contribution >= 4 is 34.8 Å². The van der Waals surface area contributed by atoms with E-state index in [1.54, 1.807) is 6.20 Å². The van der Waals surface area contributed by atoms with Crippen LogP contribution in [0, 0.1) is 6.92 Å². The lowest BCUT2D eigenvalue weighted by molar-refractivity contribution is -0.114. The number of amides is 2. The average Bonchev–Trinajstić information content (AvgIpc) is 2.94. The Labute approximate surface area is 222 Å². The zero-order valence-electron chi connectivity index (χ0n) is 21.5. The summed E-state index contributed by atoms with van der Waals surface area (Å²) in [5.41, 5.74) is 6.36. The van der Waals surface area contributed by atoms with Crippen LogP contribution in [-0.2, 0) is 4.79 Å². The molecule has 2 amide bonds. The Hall–Kier alpha value is -4.72. The van der Waals surface area contributed by atoms with Gasteiger partial charge >= 0.3 is 0 Å². The van der Waals surface area contributed by atoms with Crippen LogP contribution in [0.3, 0.4) is 0 Å². The fourth-order valence-electron chi connectivity index (χ4n) is 4.44. The number of anilines is 4. The van der Waals surface area contributed by atoms with E-state index in [0.717, 1.165) is 52.5 Å². The Balaban J connectivity index is 1.18. The van der Waals surface area contributed by atoms with Crippen molar-refractivity contribution in [2.24, 2.45) is 0 Å². The smallest absolute Gasteiger partial charge is 0.253 e. The molecule has 0 unspecified atom stereocenters. The molecule has 1 aliphatic heterocycles. The summed E-state index contributed by atoms with van der Waals surface area (Å²) in [6, 6.07) is 25.3. The average molecular weight is 507 g/mol. The van der Waals surface area contributed by atoms with Gasteiger partial charge in [-0.1, -0.05) is 29.8 Å². The topological polar surface area (TPSA) is 90.5 Å². The standard InChI is InChI=1S/C30H30N6O2/c1-21-3-5-24(6-4-21)29(38)36-19-17-35(18-20-36)27-13-11-26(12-14-27)33-30-31-16-15-28(34-30)23-7-9-25(10-8-23)32-22(2)37/h3-16H,17-20H2,1-2H3,(H,32,37)(H,31,33,34). The van der Waals surface area contributed by atoms with E-state index in [2.05, 4.69) is 37.6 Å². The minimum Gasteiger partial charge on any atom is -0.368 e. The molecule has 38 heavy (non-hydrogen) atoms. The molecule has 0 atom stereocenters. The Morgan fingerprint density at radius 1 is 0.789 bits per heavy atom. The number of carbonyl (C=O) groups excluding carboxylic acids is 2. The number of nitrogens with zero attached hydrogens (tertiary/aromatic N) is 4. The lowest BCUT2D eigenvalue weighted by Crippen LogP contribution is -2.48. The van der Waals surface area contributed by atoms with Crippen LogP contribution < -0.4 is 15.5 Å². The van der Waals surface area contributed by atoms with Crippen molar-refractivity contribution in [2.75, 3.05) is 41.7 Å². The minimum absolute atomic E-state index is 0.0927. The lowest BCUT2D eigenvalue weighted by Gasteiger charge is -2.36. The van der Waals surface area contributed by atoms with E-state index < -0.39 is 0 Å². The molecule has 4 aromatic rings. The van der Waals surface area contributed by atoms with Crippen LogP contribution in [0.1, 0.15) is 22.8 Å². The lowest BCUT2D eigenvalue weighted by atomic mass is 10.1. The summed E-state index contributed by atoms with van der Waals surface area (Å²) < 4.78 is 0. The number of rotatable bonds is 6. The van der Waals surface area contributed by atoms with E-state index in [9.17, 15) is 9.59 Å². The third-order valence-electron chi connectivity index (χ3n) is 6.51. The number of benzene rings is 3. The molecule has 2 heterocycles. The summed E-state index contributed by atoms with van der Waals surface area (Å²) in [4.78, 5) is 37.3. The van der Waals surface area contributed by atoms with Crippen LogP contribution in [0.15, 0.2) is 85.1 Å². The SMILES string of the molecule is CC(=O)Nc1ccc(-c2ccnc(Nc3ccc(N4CCN(C(=O)c5ccc(C)cc5)CC4)cc3)n2)cc1. The Kier molecular flexibility index (Phi) is 7.31. The molecular formula is C30H30N6O2. The van der Waals surface area contributed by atoms with Gasteiger partial charge in [-0.25, -0.2) is 9.97 Å². The Bertz CT molecular complexity index is 1410. The Morgan fingerprint density at radius 3 is 2.11 bits per heavy atom. The fraction of sp³-hybridized carbons (Fsp3) is 0.200. The molecule has 1 saturated heterocycles. The maximum absolute atomic E-state index is 12.8. The summed E-state index contributed by atoms with van der Waals surface area (Å²) in [7, 11) is 0. The van der Waals surface area contributed by atoms with Crippen LogP contribution in [0.4, 0.5) is 23.0 Å². The van der Waals surface area contributed by atoms with Crippen LogP contribution in [0.2, 0.25) is 0 Å². The highest BCUT2D eigenvalue weighted by atomic mass is 16.2. The molecule has 1 fully saturated rings. The van der Waals surface area contributed by atoms with E-state index in [4.69, 9.17) is 0 Å². The molecule has 1 aromatic heterocycles. The summed E-state index contributed by atoms with van der Waals surface area (Å²) in [6.45, 7) is 6.47. The van der Waals surface area contributed by atoms with Crippen molar-refractivity contribution in [1.82, 2.24) is 14.9 Å². The predicted octanol–water partition coefficient (Wildman–Crippen LogP) is 5.12. The van der Waals surface area contributed by atoms with E-state index in [1.807, 2.05) is 78.6 Å². The monoisotopic (exact) mass is 506 g/mol. The first-order chi connectivity index (χ1) is 18.4. The van der Waals surface area contributed by atoms with Crippen molar-refractivity contribution in [3.05, 3.63) is 96.2 Å². The molecule has 1 aliphatic rings. The van der Waals surface area contributed by atoms with Crippen molar-refractivity contribution in [3.63, 3.8) is 0 Å². The first-order valence-corrected chi connectivity index (χ1v) is 12.6. The van der Waals surface area contributed by atoms with Crippen LogP contribution >= 0.6 is 0 Å². The number of piperazine rings is 1. The predicted molar refractivity (Wildman–Crippen MR) is 151 cm³/mol. The van der Waals surface area contributed by atoms with Crippen molar-refractivity contribution < 1.29 is 9.59 Å². The molecular weight excluding hydrogens is 476 g/mol. The number of aromatic nitrogens is 2. The van der Waals surface area contributed by atoms with Gasteiger partial charge < -0.3 is 20.4 Å². The first-order valence-electron chi connectivity index (χ1n) is 12.6. The van der Waals surface area contributed by atoms with Gasteiger partial charge in [0.2, 0.25) is 11.9 Å². The highest BCUT2D eigenvalue weighted by Gasteiger charge is 2.22. The molecule has 0 radical (unpaired) electrons. The third-order valence-corrected chi connectivity index (χ3v) is 6.51. The van der Waals surface area contributed by atoms with Crippen LogP contribution in [-0.4, -0.2) is 52.9 Å². The molecule has 0 bridgehead atoms. The van der Waals surface area contributed by atoms with Crippen molar-refractivity contribution in [2.45, 2.75) is 13.8 Å². The maximum Gasteiger partial charge on any atom is 0.253 e. The molecule has 0 aliphatic carbocycles. The van der Waals surface area contributed by atoms with E-state index in [0.29, 0.717) is 19.0 Å². The number of carbonyl (C=O) groups is 2. The first kappa shape index (κ1) is 25.0. The molecule has 0 saturated carbocycles. The van der Waals surface area contributed by atoms with E-state index >= 15 is 0 Å². The van der Waals surface area contributed by atoms with Gasteiger partial charge in [-0.3, -0.25) is 9.59 Å². The van der Waals surface area contributed by atoms with Crippen molar-refractivity contribution in [1.29, 1.82) is 0 Å². The molecule has 0 spiro atoms. The van der Waals surface area contributed by atoms with Gasteiger partial charge in [0.1, 0.15) is 0 Å². The number of hydrogen-bond donors (Lipinski definition) is 2. The summed E-state index contributed by atoms with van der Waals surface area (Å²) >= 11 is 0. The summed E-state index contributed by atoms with van der Waals surface area (Å²) in [6.07, 6.45) is 1.72. The maximum atomic E-state index is 12.8. The van der Waals surface area contributed by atoms with Gasteiger partial charge in [-0.15, -0.1) is 0 Å². The van der Waals surface area contributed by atoms with Crippen LogP contribution in [0.5, 0.6) is 0 Å². The second-order valence-electron chi connectivity index (χ2n) is 9.34. The molecule has 8 heteroatoms. The van der Waals surface area contributed by atoms with Gasteiger partial charge in [-0.2, -0.15) is 0 Å². The zero-order valence-corrected chi connectivity index (χ0v) is 21.5. The van der Waals surface area contributed by atoms with Gasteiger partial charge in [0.05, 0.1) is 5.69 Å². The van der Waals surface area contributed by atoms with Gasteiger partial charge in [0.15, 0.2) is 0 Å². The van der Waals surface area contributed by atoms with Crippen molar-refractivity contribution in [3.8, 4) is 11.3 Å². The summed E-state index contributed by atoms with van der Waals surface area (Å²) in [5.74, 6) is 0.493. The largest absolute Gasteiger partial charge is 0.368 e. The number of aryl methyl sites for hydroxylation is 1. The molecule has 192 valence electrons. The van der Waals surface area contributed by atoms with Crippen LogP contribution in [0.25, 0.3) is 11.3 Å². The second kappa shape index (κ2) is 11.1. The molecule has 3 aromatic carbocycles. The fourth-order valence-corrected chi connectivity index (χ4v) is 4.44. The molecule has 2 N–H and O–H groups in total. The van der Waals surface area contributed by atoms with Gasteiger partial charge in [-0.05, 0) is 61.5 Å². The quantitative estimate of drug-likeness (QED) is 0.377. The molecule has 5 rings (SSSR count).